The summed E-state index contributed by atoms with van der Waals surface area (Å²) in [6.45, 7) is 1.21. The first kappa shape index (κ1) is 21.0. The van der Waals surface area contributed by atoms with E-state index in [1.165, 1.54) is 6.07 Å². The second-order valence-electron chi connectivity index (χ2n) is 7.62. The van der Waals surface area contributed by atoms with Crippen LogP contribution in [0.25, 0.3) is 10.8 Å². The summed E-state index contributed by atoms with van der Waals surface area (Å²) in [5, 5.41) is 4.65. The Bertz CT molecular complexity index is 1080. The van der Waals surface area contributed by atoms with E-state index in [9.17, 15) is 18.0 Å². The van der Waals surface area contributed by atoms with E-state index in [1.807, 2.05) is 41.3 Å². The molecule has 1 fully saturated rings. The minimum atomic E-state index is -4.48. The van der Waals surface area contributed by atoms with Gasteiger partial charge >= 0.3 is 6.18 Å². The first-order chi connectivity index (χ1) is 14.9. The number of benzene rings is 3. The van der Waals surface area contributed by atoms with Crippen LogP contribution in [0, 0.1) is 0 Å². The lowest BCUT2D eigenvalue weighted by Gasteiger charge is -2.31. The predicted molar refractivity (Wildman–Crippen MR) is 116 cm³/mol. The first-order valence-electron chi connectivity index (χ1n) is 10.3. The standard InChI is InChI=1S/C24H23F3N2O2/c25-24(26,27)19-9-11-22(29-12-4-1-5-13-29)21(15-19)28-23(30)16-31-20-10-8-17-6-2-3-7-18(17)14-20/h2-3,6-11,14-15H,1,4-5,12-13,16H2,(H,28,30). The highest BCUT2D eigenvalue weighted by atomic mass is 19.4. The molecule has 3 aromatic carbocycles. The van der Waals surface area contributed by atoms with Gasteiger partial charge in [0, 0.05) is 13.1 Å². The van der Waals surface area contributed by atoms with Crippen molar-refractivity contribution in [1.82, 2.24) is 0 Å². The highest BCUT2D eigenvalue weighted by Crippen LogP contribution is 2.36. The predicted octanol–water partition coefficient (Wildman–Crippen LogP) is 5.87. The molecule has 7 heteroatoms. The number of fused-ring (bicyclic) bond motifs is 1. The Morgan fingerprint density at radius 3 is 2.42 bits per heavy atom. The van der Waals surface area contributed by atoms with Crippen LogP contribution in [0.3, 0.4) is 0 Å². The van der Waals surface area contributed by atoms with Crippen molar-refractivity contribution in [2.24, 2.45) is 0 Å². The van der Waals surface area contributed by atoms with Crippen LogP contribution in [0.5, 0.6) is 5.75 Å². The number of nitrogens with one attached hydrogen (secondary N) is 1. The molecule has 0 aliphatic carbocycles. The molecule has 0 radical (unpaired) electrons. The number of carbonyl (C=O) groups excluding carboxylic acids is 1. The van der Waals surface area contributed by atoms with Gasteiger partial charge in [0.25, 0.3) is 5.91 Å². The molecule has 1 aliphatic rings. The van der Waals surface area contributed by atoms with Crippen LogP contribution in [-0.2, 0) is 11.0 Å². The highest BCUT2D eigenvalue weighted by Gasteiger charge is 2.31. The van der Waals surface area contributed by atoms with Gasteiger partial charge < -0.3 is 15.0 Å². The van der Waals surface area contributed by atoms with Gasteiger partial charge in [-0.1, -0.05) is 30.3 Å². The fourth-order valence-electron chi connectivity index (χ4n) is 3.82. The van der Waals surface area contributed by atoms with Crippen LogP contribution in [-0.4, -0.2) is 25.6 Å². The van der Waals surface area contributed by atoms with Crippen LogP contribution >= 0.6 is 0 Å². The molecule has 0 bridgehead atoms. The molecule has 1 amide bonds. The second kappa shape index (κ2) is 8.88. The minimum Gasteiger partial charge on any atom is -0.484 e. The first-order valence-corrected chi connectivity index (χ1v) is 10.3. The van der Waals surface area contributed by atoms with Crippen LogP contribution in [0.2, 0.25) is 0 Å². The van der Waals surface area contributed by atoms with Crippen molar-refractivity contribution in [2.75, 3.05) is 29.9 Å². The van der Waals surface area contributed by atoms with Crippen molar-refractivity contribution in [3.63, 3.8) is 0 Å². The third-order valence-corrected chi connectivity index (χ3v) is 5.39. The highest BCUT2D eigenvalue weighted by molar-refractivity contribution is 5.95. The lowest BCUT2D eigenvalue weighted by Crippen LogP contribution is -2.31. The van der Waals surface area contributed by atoms with Gasteiger partial charge in [-0.15, -0.1) is 0 Å². The maximum Gasteiger partial charge on any atom is 0.416 e. The largest absolute Gasteiger partial charge is 0.484 e. The van der Waals surface area contributed by atoms with Gasteiger partial charge in [-0.05, 0) is 60.4 Å². The van der Waals surface area contributed by atoms with Gasteiger partial charge in [0.2, 0.25) is 0 Å². The third kappa shape index (κ3) is 5.10. The molecule has 0 saturated carbocycles. The lowest BCUT2D eigenvalue weighted by atomic mass is 10.1. The number of alkyl halides is 3. The topological polar surface area (TPSA) is 41.6 Å². The zero-order valence-corrected chi connectivity index (χ0v) is 16.9. The molecule has 4 rings (SSSR count). The van der Waals surface area contributed by atoms with Crippen LogP contribution < -0.4 is 15.0 Å². The van der Waals surface area contributed by atoms with Gasteiger partial charge in [0.05, 0.1) is 16.9 Å². The summed E-state index contributed by atoms with van der Waals surface area (Å²) >= 11 is 0. The number of hydrogen-bond acceptors (Lipinski definition) is 3. The number of piperidine rings is 1. The second-order valence-corrected chi connectivity index (χ2v) is 7.62. The number of nitrogens with zero attached hydrogens (tertiary/aromatic N) is 1. The van der Waals surface area contributed by atoms with Crippen molar-refractivity contribution < 1.29 is 22.7 Å². The average Bonchev–Trinajstić information content (AvgIpc) is 2.77. The van der Waals surface area contributed by atoms with E-state index in [-0.39, 0.29) is 12.3 Å². The normalized spacial score (nSPS) is 14.5. The summed E-state index contributed by atoms with van der Waals surface area (Å²) in [4.78, 5) is 14.5. The summed E-state index contributed by atoms with van der Waals surface area (Å²) in [6.07, 6.45) is -1.45. The molecule has 1 aliphatic heterocycles. The molecule has 0 unspecified atom stereocenters. The summed E-state index contributed by atoms with van der Waals surface area (Å²) in [5.74, 6) is 0.0138. The monoisotopic (exact) mass is 428 g/mol. The molecule has 4 nitrogen and oxygen atoms in total. The molecule has 0 spiro atoms. The van der Waals surface area contributed by atoms with Crippen LogP contribution in [0.1, 0.15) is 24.8 Å². The fourth-order valence-corrected chi connectivity index (χ4v) is 3.82. The SMILES string of the molecule is O=C(COc1ccc2ccccc2c1)Nc1cc(C(F)(F)F)ccc1N1CCCCC1. The van der Waals surface area contributed by atoms with Gasteiger partial charge in [-0.2, -0.15) is 13.2 Å². The Labute approximate surface area is 178 Å². The van der Waals surface area contributed by atoms with Gasteiger partial charge in [-0.25, -0.2) is 0 Å². The van der Waals surface area contributed by atoms with Crippen molar-refractivity contribution >= 4 is 28.1 Å². The molecule has 0 atom stereocenters. The molecule has 162 valence electrons. The third-order valence-electron chi connectivity index (χ3n) is 5.39. The maximum atomic E-state index is 13.2. The number of ether oxygens (including phenoxy) is 1. The van der Waals surface area contributed by atoms with Crippen LogP contribution in [0.4, 0.5) is 24.5 Å². The number of carbonyl (C=O) groups is 1. The van der Waals surface area contributed by atoms with E-state index in [1.54, 1.807) is 6.07 Å². The Morgan fingerprint density at radius 2 is 1.68 bits per heavy atom. The van der Waals surface area contributed by atoms with E-state index in [0.717, 1.165) is 55.3 Å². The van der Waals surface area contributed by atoms with Gasteiger partial charge in [-0.3, -0.25) is 4.79 Å². The van der Waals surface area contributed by atoms with E-state index >= 15 is 0 Å². The Balaban J connectivity index is 1.49. The Kier molecular flexibility index (Phi) is 6.02. The summed E-state index contributed by atoms with van der Waals surface area (Å²) in [7, 11) is 0. The van der Waals surface area contributed by atoms with Crippen molar-refractivity contribution in [1.29, 1.82) is 0 Å². The quantitative estimate of drug-likeness (QED) is 0.553. The molecule has 3 aromatic rings. The zero-order chi connectivity index (χ0) is 21.8. The molecule has 31 heavy (non-hydrogen) atoms. The van der Waals surface area contributed by atoms with Crippen molar-refractivity contribution in [2.45, 2.75) is 25.4 Å². The van der Waals surface area contributed by atoms with Crippen molar-refractivity contribution in [3.05, 3.63) is 66.2 Å². The van der Waals surface area contributed by atoms with E-state index in [0.29, 0.717) is 11.4 Å². The van der Waals surface area contributed by atoms with Gasteiger partial charge in [0.15, 0.2) is 6.61 Å². The van der Waals surface area contributed by atoms with Crippen LogP contribution in [0.15, 0.2) is 60.7 Å². The molecular weight excluding hydrogens is 405 g/mol. The lowest BCUT2D eigenvalue weighted by molar-refractivity contribution is -0.137. The Hall–Kier alpha value is -3.22. The van der Waals surface area contributed by atoms with Crippen molar-refractivity contribution in [3.8, 4) is 5.75 Å². The molecule has 1 heterocycles. The molecule has 0 aromatic heterocycles. The minimum absolute atomic E-state index is 0.156. The molecular formula is C24H23F3N2O2. The van der Waals surface area contributed by atoms with E-state index in [2.05, 4.69) is 5.32 Å². The smallest absolute Gasteiger partial charge is 0.416 e. The van der Waals surface area contributed by atoms with E-state index in [4.69, 9.17) is 4.74 Å². The Morgan fingerprint density at radius 1 is 0.935 bits per heavy atom. The molecule has 1 N–H and O–H groups in total. The summed E-state index contributed by atoms with van der Waals surface area (Å²) < 4.78 is 45.3. The van der Waals surface area contributed by atoms with E-state index < -0.39 is 17.6 Å². The maximum absolute atomic E-state index is 13.2. The summed E-state index contributed by atoms with van der Waals surface area (Å²) in [6, 6.07) is 16.7. The van der Waals surface area contributed by atoms with Gasteiger partial charge in [0.1, 0.15) is 5.75 Å². The zero-order valence-electron chi connectivity index (χ0n) is 16.9. The fraction of sp³-hybridized carbons (Fsp3) is 0.292. The number of rotatable bonds is 5. The number of amides is 1. The summed E-state index contributed by atoms with van der Waals surface area (Å²) in [5.41, 5.74) is -0.0328. The number of halogens is 3. The average molecular weight is 428 g/mol. The molecule has 1 saturated heterocycles. The number of hydrogen-bond donors (Lipinski definition) is 1. The number of anilines is 2.